The van der Waals surface area contributed by atoms with Gasteiger partial charge in [-0.25, -0.2) is 0 Å². The van der Waals surface area contributed by atoms with Crippen molar-refractivity contribution in [3.05, 3.63) is 33.3 Å². The highest BCUT2D eigenvalue weighted by molar-refractivity contribution is 7.80. The molecule has 1 rings (SSSR count). The number of halogens is 5. The van der Waals surface area contributed by atoms with Gasteiger partial charge in [-0.05, 0) is 12.1 Å². The quantitative estimate of drug-likeness (QED) is 0.533. The van der Waals surface area contributed by atoms with Gasteiger partial charge in [-0.1, -0.05) is 35.0 Å². The van der Waals surface area contributed by atoms with E-state index in [1.54, 1.807) is 0 Å². The first-order valence-electron chi connectivity index (χ1n) is 4.02. The molecule has 0 aliphatic carbocycles. The molecule has 0 saturated carbocycles. The van der Waals surface area contributed by atoms with Crippen LogP contribution in [0.4, 0.5) is 13.2 Å². The predicted molar refractivity (Wildman–Crippen MR) is 62.2 cm³/mol. The van der Waals surface area contributed by atoms with Gasteiger partial charge in [0.15, 0.2) is 0 Å². The van der Waals surface area contributed by atoms with Crippen molar-refractivity contribution in [2.75, 3.05) is 5.75 Å². The van der Waals surface area contributed by atoms with Crippen molar-refractivity contribution in [1.29, 1.82) is 0 Å². The summed E-state index contributed by atoms with van der Waals surface area (Å²) in [5.74, 6) is 5.39. The second-order valence-electron chi connectivity index (χ2n) is 2.77. The van der Waals surface area contributed by atoms with Crippen molar-refractivity contribution >= 4 is 35.8 Å². The second kappa shape index (κ2) is 5.22. The Hall–Kier alpha value is -0.500. The zero-order chi connectivity index (χ0) is 12.3. The fraction of sp³-hybridized carbons (Fsp3) is 0.200. The monoisotopic (exact) mass is 284 g/mol. The van der Waals surface area contributed by atoms with E-state index < -0.39 is 11.7 Å². The summed E-state index contributed by atoms with van der Waals surface area (Å²) >= 11 is 15.2. The lowest BCUT2D eigenvalue weighted by Gasteiger charge is -2.09. The smallest absolute Gasteiger partial charge is 0.166 e. The zero-order valence-electron chi connectivity index (χ0n) is 7.70. The molecular formula is C10H5Cl2F3S. The number of benzene rings is 1. The molecule has 0 nitrogen and oxygen atoms in total. The van der Waals surface area contributed by atoms with Crippen LogP contribution < -0.4 is 0 Å². The highest BCUT2D eigenvalue weighted by atomic mass is 35.5. The second-order valence-corrected chi connectivity index (χ2v) is 3.90. The van der Waals surface area contributed by atoms with E-state index in [1.165, 1.54) is 0 Å². The maximum absolute atomic E-state index is 12.4. The highest BCUT2D eigenvalue weighted by Gasteiger charge is 2.31. The van der Waals surface area contributed by atoms with Crippen LogP contribution in [0.2, 0.25) is 10.0 Å². The molecule has 0 heterocycles. The van der Waals surface area contributed by atoms with Gasteiger partial charge in [0.1, 0.15) is 0 Å². The van der Waals surface area contributed by atoms with Gasteiger partial charge < -0.3 is 0 Å². The van der Waals surface area contributed by atoms with E-state index in [9.17, 15) is 13.2 Å². The van der Waals surface area contributed by atoms with Crippen LogP contribution in [-0.2, 0) is 6.18 Å². The van der Waals surface area contributed by atoms with Gasteiger partial charge in [0, 0.05) is 0 Å². The normalized spacial score (nSPS) is 10.9. The minimum Gasteiger partial charge on any atom is -0.166 e. The van der Waals surface area contributed by atoms with E-state index >= 15 is 0 Å². The van der Waals surface area contributed by atoms with Crippen molar-refractivity contribution in [2.45, 2.75) is 6.18 Å². The summed E-state index contributed by atoms with van der Waals surface area (Å²) in [6, 6.07) is 1.60. The van der Waals surface area contributed by atoms with E-state index in [-0.39, 0.29) is 21.4 Å². The molecule has 0 fully saturated rings. The lowest BCUT2D eigenvalue weighted by atomic mass is 10.1. The molecule has 1 aromatic carbocycles. The van der Waals surface area contributed by atoms with Crippen LogP contribution in [0, 0.1) is 11.8 Å². The number of alkyl halides is 3. The Morgan fingerprint density at radius 3 is 2.06 bits per heavy atom. The summed E-state index contributed by atoms with van der Waals surface area (Å²) in [7, 11) is 0. The zero-order valence-corrected chi connectivity index (χ0v) is 10.1. The highest BCUT2D eigenvalue weighted by Crippen LogP contribution is 2.35. The van der Waals surface area contributed by atoms with Gasteiger partial charge in [-0.2, -0.15) is 25.8 Å². The first kappa shape index (κ1) is 13.6. The number of thiol groups is 1. The predicted octanol–water partition coefficient (Wildman–Crippen LogP) is 4.29. The van der Waals surface area contributed by atoms with Crippen LogP contribution in [-0.4, -0.2) is 5.75 Å². The average Bonchev–Trinajstić information content (AvgIpc) is 2.15. The third-order valence-corrected chi connectivity index (χ3v) is 2.42. The van der Waals surface area contributed by atoms with E-state index in [2.05, 4.69) is 24.5 Å². The minimum atomic E-state index is -4.47. The van der Waals surface area contributed by atoms with E-state index in [4.69, 9.17) is 23.2 Å². The van der Waals surface area contributed by atoms with Crippen molar-refractivity contribution < 1.29 is 13.2 Å². The van der Waals surface area contributed by atoms with Crippen LogP contribution in [0.1, 0.15) is 11.1 Å². The Bertz CT molecular complexity index is 434. The van der Waals surface area contributed by atoms with Gasteiger partial charge in [0.25, 0.3) is 0 Å². The van der Waals surface area contributed by atoms with Crippen LogP contribution in [0.15, 0.2) is 12.1 Å². The Balaban J connectivity index is 3.28. The maximum Gasteiger partial charge on any atom is 0.416 e. The molecule has 6 heteroatoms. The Kier molecular flexibility index (Phi) is 4.43. The van der Waals surface area contributed by atoms with Crippen molar-refractivity contribution in [2.24, 2.45) is 0 Å². The Labute approximate surface area is 106 Å². The molecule has 1 aromatic rings. The molecule has 0 amide bonds. The van der Waals surface area contributed by atoms with E-state index in [0.29, 0.717) is 0 Å². The van der Waals surface area contributed by atoms with E-state index in [1.807, 2.05) is 0 Å². The summed E-state index contributed by atoms with van der Waals surface area (Å²) in [6.07, 6.45) is -4.47. The summed E-state index contributed by atoms with van der Waals surface area (Å²) in [6.45, 7) is 0. The molecule has 0 bridgehead atoms. The Morgan fingerprint density at radius 1 is 1.19 bits per heavy atom. The van der Waals surface area contributed by atoms with Crippen LogP contribution in [0.25, 0.3) is 0 Å². The third-order valence-electron chi connectivity index (χ3n) is 1.66. The average molecular weight is 285 g/mol. The summed E-state index contributed by atoms with van der Waals surface area (Å²) in [5, 5.41) is -0.233. The van der Waals surface area contributed by atoms with Crippen molar-refractivity contribution in [3.8, 4) is 11.8 Å². The fourth-order valence-corrected chi connectivity index (χ4v) is 1.64. The largest absolute Gasteiger partial charge is 0.416 e. The van der Waals surface area contributed by atoms with Gasteiger partial charge in [-0.15, -0.1) is 0 Å². The Morgan fingerprint density at radius 2 is 1.69 bits per heavy atom. The third kappa shape index (κ3) is 3.24. The summed E-state index contributed by atoms with van der Waals surface area (Å²) < 4.78 is 37.1. The molecule has 0 aromatic heterocycles. The molecule has 0 spiro atoms. The van der Waals surface area contributed by atoms with E-state index in [0.717, 1.165) is 12.1 Å². The molecular weight excluding hydrogens is 280 g/mol. The number of hydrogen-bond acceptors (Lipinski definition) is 1. The molecule has 16 heavy (non-hydrogen) atoms. The summed E-state index contributed by atoms with van der Waals surface area (Å²) in [5.41, 5.74) is -0.704. The van der Waals surface area contributed by atoms with Crippen LogP contribution in [0.5, 0.6) is 0 Å². The molecule has 0 aliphatic rings. The molecule has 86 valence electrons. The van der Waals surface area contributed by atoms with Crippen LogP contribution >= 0.6 is 35.8 Å². The summed E-state index contributed by atoms with van der Waals surface area (Å²) in [4.78, 5) is 0. The standard InChI is InChI=1S/C10H5Cl2F3S/c11-8-4-6(10(13,14)15)5-9(12)7(8)2-1-3-16/h4-5,16H,3H2. The molecule has 0 unspecified atom stereocenters. The SMILES string of the molecule is FC(F)(F)c1cc(Cl)c(C#CCS)c(Cl)c1. The van der Waals surface area contributed by atoms with Gasteiger partial charge in [0.05, 0.1) is 26.9 Å². The first-order chi connectivity index (χ1) is 7.36. The molecule has 0 N–H and O–H groups in total. The maximum atomic E-state index is 12.4. The minimum absolute atomic E-state index is 0.117. The first-order valence-corrected chi connectivity index (χ1v) is 5.41. The lowest BCUT2D eigenvalue weighted by Crippen LogP contribution is -2.05. The van der Waals surface area contributed by atoms with Crippen LogP contribution in [0.3, 0.4) is 0 Å². The fourth-order valence-electron chi connectivity index (χ4n) is 0.984. The molecule has 0 aliphatic heterocycles. The van der Waals surface area contributed by atoms with Gasteiger partial charge >= 0.3 is 6.18 Å². The van der Waals surface area contributed by atoms with Crippen molar-refractivity contribution in [3.63, 3.8) is 0 Å². The molecule has 0 atom stereocenters. The molecule has 0 saturated heterocycles. The van der Waals surface area contributed by atoms with Gasteiger partial charge in [-0.3, -0.25) is 0 Å². The number of rotatable bonds is 0. The van der Waals surface area contributed by atoms with Gasteiger partial charge in [0.2, 0.25) is 0 Å². The molecule has 0 radical (unpaired) electrons. The number of hydrogen-bond donors (Lipinski definition) is 1. The lowest BCUT2D eigenvalue weighted by molar-refractivity contribution is -0.137. The topological polar surface area (TPSA) is 0 Å². The van der Waals surface area contributed by atoms with Crippen molar-refractivity contribution in [1.82, 2.24) is 0 Å².